The maximum Gasteiger partial charge on any atom is 0.115 e. The Morgan fingerprint density at radius 2 is 1.58 bits per heavy atom. The Balaban J connectivity index is 2.26. The predicted octanol–water partition coefficient (Wildman–Crippen LogP) is 4.77. The Morgan fingerprint density at radius 3 is 2.32 bits per heavy atom. The van der Waals surface area contributed by atoms with E-state index >= 15 is 0 Å². The molecule has 0 unspecified atom stereocenters. The van der Waals surface area contributed by atoms with Crippen LogP contribution in [0.5, 0.6) is 5.75 Å². The molecule has 0 aromatic heterocycles. The maximum absolute atomic E-state index is 9.40. The minimum atomic E-state index is 0.308. The summed E-state index contributed by atoms with van der Waals surface area (Å²) in [5.74, 6) is 0.308. The Hall–Kier alpha value is -2.28. The summed E-state index contributed by atoms with van der Waals surface area (Å²) in [6.45, 7) is 2.19. The third-order valence-electron chi connectivity index (χ3n) is 3.57. The third-order valence-corrected chi connectivity index (χ3v) is 3.57. The number of hydrogen-bond donors (Lipinski definition) is 1. The quantitative estimate of drug-likeness (QED) is 0.692. The van der Waals surface area contributed by atoms with Crippen LogP contribution in [-0.2, 0) is 6.42 Å². The Bertz CT molecular complexity index is 711. The zero-order valence-electron chi connectivity index (χ0n) is 10.9. The molecule has 1 N–H and O–H groups in total. The Morgan fingerprint density at radius 1 is 0.842 bits per heavy atom. The van der Waals surface area contributed by atoms with Crippen LogP contribution in [0.15, 0.2) is 60.7 Å². The molecule has 0 bridgehead atoms. The molecule has 0 saturated carbocycles. The van der Waals surface area contributed by atoms with E-state index in [0.717, 1.165) is 12.0 Å². The SMILES string of the molecule is CCc1c(-c2ccc(O)cc2)ccc2ccccc12. The largest absolute Gasteiger partial charge is 0.508 e. The minimum Gasteiger partial charge on any atom is -0.508 e. The number of aromatic hydroxyl groups is 1. The van der Waals surface area contributed by atoms with Gasteiger partial charge in [-0.05, 0) is 46.0 Å². The molecule has 0 aliphatic carbocycles. The molecule has 1 heteroatoms. The van der Waals surface area contributed by atoms with Crippen LogP contribution in [0.3, 0.4) is 0 Å². The molecule has 1 nitrogen and oxygen atoms in total. The molecule has 0 amide bonds. The van der Waals surface area contributed by atoms with E-state index in [1.165, 1.54) is 21.9 Å². The second-order valence-electron chi connectivity index (χ2n) is 4.71. The van der Waals surface area contributed by atoms with Crippen molar-refractivity contribution < 1.29 is 5.11 Å². The van der Waals surface area contributed by atoms with Crippen LogP contribution in [0.2, 0.25) is 0 Å². The lowest BCUT2D eigenvalue weighted by Crippen LogP contribution is -1.90. The maximum atomic E-state index is 9.40. The molecule has 0 heterocycles. The Kier molecular flexibility index (Phi) is 2.96. The first-order chi connectivity index (χ1) is 9.29. The number of phenolic OH excluding ortho intramolecular Hbond substituents is 1. The van der Waals surface area contributed by atoms with Crippen LogP contribution in [0.25, 0.3) is 21.9 Å². The van der Waals surface area contributed by atoms with Gasteiger partial charge in [0.2, 0.25) is 0 Å². The van der Waals surface area contributed by atoms with Gasteiger partial charge >= 0.3 is 0 Å². The third kappa shape index (κ3) is 2.08. The first-order valence-corrected chi connectivity index (χ1v) is 6.59. The van der Waals surface area contributed by atoms with E-state index in [9.17, 15) is 5.11 Å². The van der Waals surface area contributed by atoms with Crippen molar-refractivity contribution in [3.63, 3.8) is 0 Å². The van der Waals surface area contributed by atoms with Crippen molar-refractivity contribution in [1.82, 2.24) is 0 Å². The van der Waals surface area contributed by atoms with Crippen LogP contribution in [0.1, 0.15) is 12.5 Å². The highest BCUT2D eigenvalue weighted by atomic mass is 16.3. The highest BCUT2D eigenvalue weighted by Crippen LogP contribution is 2.31. The van der Waals surface area contributed by atoms with Gasteiger partial charge in [-0.25, -0.2) is 0 Å². The molecule has 19 heavy (non-hydrogen) atoms. The fourth-order valence-electron chi connectivity index (χ4n) is 2.63. The first kappa shape index (κ1) is 11.8. The van der Waals surface area contributed by atoms with Gasteiger partial charge in [0.05, 0.1) is 0 Å². The zero-order valence-corrected chi connectivity index (χ0v) is 10.9. The van der Waals surface area contributed by atoms with Gasteiger partial charge < -0.3 is 5.11 Å². The van der Waals surface area contributed by atoms with Gasteiger partial charge in [0.25, 0.3) is 0 Å². The first-order valence-electron chi connectivity index (χ1n) is 6.59. The highest BCUT2D eigenvalue weighted by Gasteiger charge is 2.07. The van der Waals surface area contributed by atoms with Gasteiger partial charge in [0, 0.05) is 0 Å². The molecular weight excluding hydrogens is 232 g/mol. The molecule has 94 valence electrons. The molecule has 0 aliphatic heterocycles. The average Bonchev–Trinajstić information content (AvgIpc) is 2.47. The number of hydrogen-bond acceptors (Lipinski definition) is 1. The average molecular weight is 248 g/mol. The number of phenols is 1. The molecule has 0 fully saturated rings. The van der Waals surface area contributed by atoms with Crippen molar-refractivity contribution >= 4 is 10.8 Å². The summed E-state index contributed by atoms with van der Waals surface area (Å²) in [6, 6.07) is 20.2. The lowest BCUT2D eigenvalue weighted by Gasteiger charge is -2.12. The smallest absolute Gasteiger partial charge is 0.115 e. The molecule has 0 spiro atoms. The minimum absolute atomic E-state index is 0.308. The highest BCUT2D eigenvalue weighted by molar-refractivity contribution is 5.91. The summed E-state index contributed by atoms with van der Waals surface area (Å²) < 4.78 is 0. The molecule has 0 saturated heterocycles. The van der Waals surface area contributed by atoms with Crippen molar-refractivity contribution in [2.45, 2.75) is 13.3 Å². The van der Waals surface area contributed by atoms with Gasteiger partial charge in [0.15, 0.2) is 0 Å². The Labute approximate surface area is 113 Å². The summed E-state index contributed by atoms with van der Waals surface area (Å²) in [5, 5.41) is 12.0. The van der Waals surface area contributed by atoms with Crippen LogP contribution in [-0.4, -0.2) is 5.11 Å². The summed E-state index contributed by atoms with van der Waals surface area (Å²) >= 11 is 0. The van der Waals surface area contributed by atoms with E-state index in [2.05, 4.69) is 43.3 Å². The van der Waals surface area contributed by atoms with E-state index in [-0.39, 0.29) is 0 Å². The molecule has 0 aliphatic rings. The number of aryl methyl sites for hydroxylation is 1. The van der Waals surface area contributed by atoms with Gasteiger partial charge in [-0.15, -0.1) is 0 Å². The van der Waals surface area contributed by atoms with E-state index in [4.69, 9.17) is 0 Å². The molecular formula is C18H16O. The lowest BCUT2D eigenvalue weighted by atomic mass is 9.93. The van der Waals surface area contributed by atoms with Crippen molar-refractivity contribution in [3.8, 4) is 16.9 Å². The fraction of sp³-hybridized carbons (Fsp3) is 0.111. The number of rotatable bonds is 2. The second-order valence-corrected chi connectivity index (χ2v) is 4.71. The normalized spacial score (nSPS) is 10.8. The van der Waals surface area contributed by atoms with Gasteiger partial charge in [-0.3, -0.25) is 0 Å². The molecule has 0 atom stereocenters. The predicted molar refractivity (Wildman–Crippen MR) is 80.4 cm³/mol. The topological polar surface area (TPSA) is 20.2 Å². The fourth-order valence-corrected chi connectivity index (χ4v) is 2.63. The van der Waals surface area contributed by atoms with Gasteiger partial charge in [-0.2, -0.15) is 0 Å². The van der Waals surface area contributed by atoms with Crippen LogP contribution >= 0.6 is 0 Å². The standard InChI is InChI=1S/C18H16O/c1-2-16-17-6-4-3-5-13(17)9-12-18(16)14-7-10-15(19)11-8-14/h3-12,19H,2H2,1H3. The van der Waals surface area contributed by atoms with Gasteiger partial charge in [0.1, 0.15) is 5.75 Å². The van der Waals surface area contributed by atoms with E-state index in [0.29, 0.717) is 5.75 Å². The number of fused-ring (bicyclic) bond motifs is 1. The zero-order chi connectivity index (χ0) is 13.2. The number of benzene rings is 3. The summed E-state index contributed by atoms with van der Waals surface area (Å²) in [5.41, 5.74) is 3.77. The monoisotopic (exact) mass is 248 g/mol. The van der Waals surface area contributed by atoms with E-state index in [1.54, 1.807) is 12.1 Å². The molecule has 3 aromatic carbocycles. The van der Waals surface area contributed by atoms with Crippen LogP contribution < -0.4 is 0 Å². The lowest BCUT2D eigenvalue weighted by molar-refractivity contribution is 0.475. The second kappa shape index (κ2) is 4.77. The summed E-state index contributed by atoms with van der Waals surface area (Å²) in [6.07, 6.45) is 0.998. The van der Waals surface area contributed by atoms with Crippen molar-refractivity contribution in [1.29, 1.82) is 0 Å². The molecule has 0 radical (unpaired) electrons. The van der Waals surface area contributed by atoms with Crippen molar-refractivity contribution in [3.05, 3.63) is 66.2 Å². The van der Waals surface area contributed by atoms with Crippen molar-refractivity contribution in [2.24, 2.45) is 0 Å². The molecule has 3 rings (SSSR count). The summed E-state index contributed by atoms with van der Waals surface area (Å²) in [7, 11) is 0. The van der Waals surface area contributed by atoms with Crippen molar-refractivity contribution in [2.75, 3.05) is 0 Å². The molecule has 3 aromatic rings. The van der Waals surface area contributed by atoms with Gasteiger partial charge in [-0.1, -0.05) is 55.5 Å². The van der Waals surface area contributed by atoms with E-state index in [1.807, 2.05) is 12.1 Å². The van der Waals surface area contributed by atoms with E-state index < -0.39 is 0 Å². The summed E-state index contributed by atoms with van der Waals surface area (Å²) in [4.78, 5) is 0. The van der Waals surface area contributed by atoms with Crippen LogP contribution in [0.4, 0.5) is 0 Å². The van der Waals surface area contributed by atoms with Crippen LogP contribution in [0, 0.1) is 0 Å².